The summed E-state index contributed by atoms with van der Waals surface area (Å²) in [6, 6.07) is 5.47. The van der Waals surface area contributed by atoms with Crippen LogP contribution in [0.25, 0.3) is 0 Å². The van der Waals surface area contributed by atoms with Gasteiger partial charge in [-0.25, -0.2) is 0 Å². The van der Waals surface area contributed by atoms with Gasteiger partial charge in [0.05, 0.1) is 0 Å². The van der Waals surface area contributed by atoms with Crippen molar-refractivity contribution in [1.82, 2.24) is 0 Å². The average molecular weight is 397 g/mol. The van der Waals surface area contributed by atoms with Crippen LogP contribution < -0.4 is 4.74 Å². The number of fused-ring (bicyclic) bond motifs is 1. The second-order valence-electron chi connectivity index (χ2n) is 6.99. The van der Waals surface area contributed by atoms with Gasteiger partial charge in [-0.2, -0.15) is 0 Å². The zero-order valence-corrected chi connectivity index (χ0v) is 17.0. The molecule has 1 aromatic rings. The summed E-state index contributed by atoms with van der Waals surface area (Å²) in [6.45, 7) is 2.28. The van der Waals surface area contributed by atoms with Gasteiger partial charge >= 0.3 is 154 Å². The number of hydrogen-bond acceptors (Lipinski definition) is 2. The third-order valence-electron chi connectivity index (χ3n) is 4.73. The standard InChI is InChI=1S/C21H34O2Se/c1-2-3-4-5-6-7-8-9-10-11-14-24-17-20-16-18-15-19(22)12-13-21(18)23-20/h12-13,15,20,22H,2-11,14,16-17H2,1H3. The number of unbranched alkanes of at least 4 members (excludes halogenated alkanes) is 9. The first-order chi connectivity index (χ1) is 11.8. The summed E-state index contributed by atoms with van der Waals surface area (Å²) in [6.07, 6.45) is 15.5. The Hall–Kier alpha value is -0.661. The van der Waals surface area contributed by atoms with Crippen molar-refractivity contribution in [3.05, 3.63) is 23.8 Å². The maximum atomic E-state index is 9.52. The third kappa shape index (κ3) is 7.49. The number of rotatable bonds is 13. The molecule has 1 aliphatic heterocycles. The van der Waals surface area contributed by atoms with E-state index in [9.17, 15) is 5.11 Å². The van der Waals surface area contributed by atoms with E-state index in [0.29, 0.717) is 26.8 Å². The first-order valence-corrected chi connectivity index (χ1v) is 12.3. The maximum absolute atomic E-state index is 9.52. The van der Waals surface area contributed by atoms with Crippen LogP contribution in [0.5, 0.6) is 11.5 Å². The Morgan fingerprint density at radius 3 is 2.38 bits per heavy atom. The Kier molecular flexibility index (Phi) is 9.68. The van der Waals surface area contributed by atoms with E-state index in [0.717, 1.165) is 12.2 Å². The number of phenols is 1. The molecule has 2 nitrogen and oxygen atoms in total. The van der Waals surface area contributed by atoms with E-state index in [4.69, 9.17) is 4.74 Å². The van der Waals surface area contributed by atoms with Crippen LogP contribution in [-0.2, 0) is 6.42 Å². The summed E-state index contributed by atoms with van der Waals surface area (Å²) in [5, 5.41) is 12.1. The fourth-order valence-corrected chi connectivity index (χ4v) is 5.45. The van der Waals surface area contributed by atoms with Crippen LogP contribution in [0.4, 0.5) is 0 Å². The molecule has 0 saturated carbocycles. The molecule has 0 amide bonds. The first-order valence-electron chi connectivity index (χ1n) is 9.86. The summed E-state index contributed by atoms with van der Waals surface area (Å²) < 4.78 is 5.97. The van der Waals surface area contributed by atoms with Crippen molar-refractivity contribution in [1.29, 1.82) is 0 Å². The molecule has 2 rings (SSSR count). The Balaban J connectivity index is 1.39. The molecule has 0 aliphatic carbocycles. The molecule has 0 spiro atoms. The van der Waals surface area contributed by atoms with Crippen LogP contribution in [0.2, 0.25) is 10.6 Å². The van der Waals surface area contributed by atoms with E-state index in [2.05, 4.69) is 6.92 Å². The molecule has 1 unspecified atom stereocenters. The molecule has 1 N–H and O–H groups in total. The molecule has 1 aromatic carbocycles. The number of benzene rings is 1. The van der Waals surface area contributed by atoms with Crippen LogP contribution in [-0.4, -0.2) is 26.2 Å². The number of hydrogen-bond donors (Lipinski definition) is 1. The third-order valence-corrected chi connectivity index (χ3v) is 7.22. The molecule has 3 heteroatoms. The van der Waals surface area contributed by atoms with Gasteiger partial charge in [0, 0.05) is 0 Å². The van der Waals surface area contributed by atoms with E-state index in [1.165, 1.54) is 80.4 Å². The Morgan fingerprint density at radius 2 is 1.67 bits per heavy atom. The zero-order chi connectivity index (χ0) is 17.0. The molecule has 0 aromatic heterocycles. The Bertz CT molecular complexity index is 461. The van der Waals surface area contributed by atoms with Crippen molar-refractivity contribution < 1.29 is 9.84 Å². The summed E-state index contributed by atoms with van der Waals surface area (Å²) in [7, 11) is 0. The fourth-order valence-electron chi connectivity index (χ4n) is 3.31. The quantitative estimate of drug-likeness (QED) is 0.319. The first kappa shape index (κ1) is 19.7. The molecule has 24 heavy (non-hydrogen) atoms. The fraction of sp³-hybridized carbons (Fsp3) is 0.714. The molecule has 1 atom stereocenters. The summed E-state index contributed by atoms with van der Waals surface area (Å²) in [5.74, 6) is 1.33. The number of phenolic OH excluding ortho intramolecular Hbond substituents is 1. The number of aromatic hydroxyl groups is 1. The van der Waals surface area contributed by atoms with Gasteiger partial charge in [0.2, 0.25) is 0 Å². The van der Waals surface area contributed by atoms with E-state index < -0.39 is 0 Å². The van der Waals surface area contributed by atoms with Gasteiger partial charge in [0.1, 0.15) is 0 Å². The second kappa shape index (κ2) is 11.8. The normalized spacial score (nSPS) is 16.1. The molecule has 0 bridgehead atoms. The van der Waals surface area contributed by atoms with E-state index >= 15 is 0 Å². The molecule has 1 heterocycles. The molecule has 1 aliphatic rings. The molecule has 0 saturated heterocycles. The van der Waals surface area contributed by atoms with Gasteiger partial charge in [-0.1, -0.05) is 0 Å². The Labute approximate surface area is 154 Å². The summed E-state index contributed by atoms with van der Waals surface area (Å²) in [4.78, 5) is 0. The van der Waals surface area contributed by atoms with Crippen LogP contribution >= 0.6 is 0 Å². The minimum absolute atomic E-state index is 0.352. The van der Waals surface area contributed by atoms with Crippen molar-refractivity contribution >= 4 is 15.0 Å². The Morgan fingerprint density at radius 1 is 1.00 bits per heavy atom. The van der Waals surface area contributed by atoms with Crippen molar-refractivity contribution in [2.75, 3.05) is 0 Å². The topological polar surface area (TPSA) is 29.5 Å². The molecular formula is C21H34O2Se. The van der Waals surface area contributed by atoms with Gasteiger partial charge in [0.25, 0.3) is 0 Å². The van der Waals surface area contributed by atoms with Gasteiger partial charge in [0.15, 0.2) is 0 Å². The SMILES string of the molecule is CCCCCCCCCCCC[Se]CC1Cc2cc(O)ccc2O1. The zero-order valence-electron chi connectivity index (χ0n) is 15.3. The van der Waals surface area contributed by atoms with Crippen LogP contribution in [0.3, 0.4) is 0 Å². The second-order valence-corrected chi connectivity index (χ2v) is 9.41. The van der Waals surface area contributed by atoms with Gasteiger partial charge in [-0.15, -0.1) is 0 Å². The minimum atomic E-state index is 0.352. The summed E-state index contributed by atoms with van der Waals surface area (Å²) >= 11 is 0.703. The van der Waals surface area contributed by atoms with Crippen LogP contribution in [0, 0.1) is 0 Å². The molecule has 0 fully saturated rings. The van der Waals surface area contributed by atoms with E-state index in [-0.39, 0.29) is 0 Å². The van der Waals surface area contributed by atoms with Crippen molar-refractivity contribution in [3.63, 3.8) is 0 Å². The van der Waals surface area contributed by atoms with Gasteiger partial charge in [-0.3, -0.25) is 0 Å². The van der Waals surface area contributed by atoms with E-state index in [1.807, 2.05) is 12.1 Å². The van der Waals surface area contributed by atoms with Crippen LogP contribution in [0.1, 0.15) is 76.7 Å². The van der Waals surface area contributed by atoms with Gasteiger partial charge in [-0.05, 0) is 0 Å². The van der Waals surface area contributed by atoms with Crippen molar-refractivity contribution in [3.8, 4) is 11.5 Å². The molecular weight excluding hydrogens is 363 g/mol. The van der Waals surface area contributed by atoms with Crippen LogP contribution in [0.15, 0.2) is 18.2 Å². The number of ether oxygens (including phenoxy) is 1. The van der Waals surface area contributed by atoms with E-state index in [1.54, 1.807) is 6.07 Å². The summed E-state index contributed by atoms with van der Waals surface area (Å²) in [5.41, 5.74) is 1.18. The van der Waals surface area contributed by atoms with Gasteiger partial charge < -0.3 is 0 Å². The predicted octanol–water partition coefficient (Wildman–Crippen LogP) is 6.16. The van der Waals surface area contributed by atoms with Crippen molar-refractivity contribution in [2.24, 2.45) is 0 Å². The monoisotopic (exact) mass is 398 g/mol. The van der Waals surface area contributed by atoms with Crippen molar-refractivity contribution in [2.45, 2.75) is 94.3 Å². The molecule has 136 valence electrons. The molecule has 0 radical (unpaired) electrons. The predicted molar refractivity (Wildman–Crippen MR) is 103 cm³/mol. The average Bonchev–Trinajstić information content (AvgIpc) is 2.97.